The van der Waals surface area contributed by atoms with Crippen molar-refractivity contribution in [1.29, 1.82) is 0 Å². The molecule has 0 saturated heterocycles. The average molecular weight is 738 g/mol. The lowest BCUT2D eigenvalue weighted by Crippen LogP contribution is -2.16. The number of hydrogen-bond acceptors (Lipinski definition) is 5. The largest absolute Gasteiger partial charge is 0.452 e. The third-order valence-corrected chi connectivity index (χ3v) is 11.6. The summed E-state index contributed by atoms with van der Waals surface area (Å²) in [6.45, 7) is 4.38. The summed E-state index contributed by atoms with van der Waals surface area (Å²) in [5.74, 6) is 1.72. The predicted octanol–water partition coefficient (Wildman–Crippen LogP) is 14.2. The van der Waals surface area contributed by atoms with Gasteiger partial charge in [0.1, 0.15) is 5.69 Å². The van der Waals surface area contributed by atoms with Crippen LogP contribution in [-0.2, 0) is 6.54 Å². The highest BCUT2D eigenvalue weighted by Crippen LogP contribution is 2.58. The first-order valence-electron chi connectivity index (χ1n) is 18.7. The van der Waals surface area contributed by atoms with Gasteiger partial charge in [-0.3, -0.25) is 9.98 Å². The fraction of sp³-hybridized carbons (Fsp3) is 0.0196. The smallest absolute Gasteiger partial charge is 0.160 e. The minimum absolute atomic E-state index is 0.509. The molecule has 266 valence electrons. The van der Waals surface area contributed by atoms with Gasteiger partial charge in [0.15, 0.2) is 11.5 Å². The number of thiophene rings is 1. The summed E-state index contributed by atoms with van der Waals surface area (Å²) in [5.41, 5.74) is 10.2. The molecule has 1 aliphatic rings. The van der Waals surface area contributed by atoms with Crippen LogP contribution in [0.15, 0.2) is 198 Å². The van der Waals surface area contributed by atoms with Crippen LogP contribution in [0.3, 0.4) is 0 Å². The molecule has 8 aromatic carbocycles. The van der Waals surface area contributed by atoms with Crippen LogP contribution in [0.25, 0.3) is 47.8 Å². The molecule has 0 bridgehead atoms. The van der Waals surface area contributed by atoms with E-state index in [4.69, 9.17) is 9.73 Å². The first-order valence-corrected chi connectivity index (χ1v) is 19.5. The van der Waals surface area contributed by atoms with Crippen molar-refractivity contribution in [3.8, 4) is 22.6 Å². The molecule has 4 nitrogen and oxygen atoms in total. The van der Waals surface area contributed by atoms with Gasteiger partial charge in [-0.2, -0.15) is 0 Å². The number of nitrogens with zero attached hydrogens (tertiary/aromatic N) is 3. The molecular weight excluding hydrogens is 703 g/mol. The lowest BCUT2D eigenvalue weighted by atomic mass is 9.98. The Morgan fingerprint density at radius 1 is 0.625 bits per heavy atom. The Morgan fingerprint density at radius 2 is 1.29 bits per heavy atom. The molecule has 0 amide bonds. The number of rotatable bonds is 8. The summed E-state index contributed by atoms with van der Waals surface area (Å²) in [6.07, 6.45) is 2.03. The van der Waals surface area contributed by atoms with Crippen LogP contribution in [-0.4, -0.2) is 12.4 Å². The van der Waals surface area contributed by atoms with Gasteiger partial charge in [0, 0.05) is 32.1 Å². The SMILES string of the molecule is C=N/C(=C\C(=NCc1cccc(-c2cccc(N3c4ccccc4Oc4c3c3sc5ccccc5c3c3ccccc43)c2)c1)c1ccccc1)c1ccccc1. The van der Waals surface area contributed by atoms with Crippen LogP contribution in [0, 0.1) is 0 Å². The maximum Gasteiger partial charge on any atom is 0.160 e. The van der Waals surface area contributed by atoms with Crippen LogP contribution in [0.2, 0.25) is 0 Å². The Labute approximate surface area is 329 Å². The Kier molecular flexibility index (Phi) is 8.55. The Balaban J connectivity index is 1.07. The number of anilines is 3. The van der Waals surface area contributed by atoms with Crippen molar-refractivity contribution in [2.75, 3.05) is 4.90 Å². The van der Waals surface area contributed by atoms with Crippen molar-refractivity contribution in [2.45, 2.75) is 6.54 Å². The molecule has 1 aliphatic heterocycles. The first-order chi connectivity index (χ1) is 27.7. The topological polar surface area (TPSA) is 37.2 Å². The Bertz CT molecular complexity index is 3000. The second kappa shape index (κ2) is 14.3. The van der Waals surface area contributed by atoms with Crippen LogP contribution in [0.1, 0.15) is 16.7 Å². The van der Waals surface area contributed by atoms with Gasteiger partial charge in [-0.05, 0) is 76.8 Å². The van der Waals surface area contributed by atoms with Crippen LogP contribution in [0.4, 0.5) is 17.1 Å². The van der Waals surface area contributed by atoms with Crippen molar-refractivity contribution >= 4 is 77.5 Å². The zero-order valence-corrected chi connectivity index (χ0v) is 31.3. The van der Waals surface area contributed by atoms with E-state index in [1.807, 2.05) is 72.0 Å². The van der Waals surface area contributed by atoms with Crippen molar-refractivity contribution < 1.29 is 4.74 Å². The van der Waals surface area contributed by atoms with Gasteiger partial charge < -0.3 is 9.64 Å². The number of ether oxygens (including phenoxy) is 1. The van der Waals surface area contributed by atoms with Crippen LogP contribution < -0.4 is 9.64 Å². The monoisotopic (exact) mass is 737 g/mol. The summed E-state index contributed by atoms with van der Waals surface area (Å²) >= 11 is 1.83. The van der Waals surface area contributed by atoms with E-state index in [0.29, 0.717) is 6.54 Å². The predicted molar refractivity (Wildman–Crippen MR) is 238 cm³/mol. The number of aliphatic imine (C=N–C) groups is 2. The van der Waals surface area contributed by atoms with E-state index >= 15 is 0 Å². The van der Waals surface area contributed by atoms with E-state index in [9.17, 15) is 0 Å². The molecule has 0 aliphatic carbocycles. The van der Waals surface area contributed by atoms with E-state index < -0.39 is 0 Å². The molecule has 0 fully saturated rings. The van der Waals surface area contributed by atoms with Gasteiger partial charge in [0.25, 0.3) is 0 Å². The van der Waals surface area contributed by atoms with E-state index in [0.717, 1.165) is 73.2 Å². The fourth-order valence-corrected chi connectivity index (χ4v) is 9.03. The van der Waals surface area contributed by atoms with E-state index in [2.05, 4.69) is 144 Å². The molecule has 0 saturated carbocycles. The second-order valence-electron chi connectivity index (χ2n) is 13.8. The van der Waals surface area contributed by atoms with Crippen LogP contribution in [0.5, 0.6) is 11.5 Å². The lowest BCUT2D eigenvalue weighted by Gasteiger charge is -2.34. The molecule has 0 N–H and O–H groups in total. The number of para-hydroxylation sites is 2. The summed E-state index contributed by atoms with van der Waals surface area (Å²) < 4.78 is 9.32. The normalized spacial score (nSPS) is 12.8. The van der Waals surface area contributed by atoms with E-state index in [1.54, 1.807) is 0 Å². The maximum atomic E-state index is 6.85. The number of allylic oxidation sites excluding steroid dienone is 1. The minimum Gasteiger partial charge on any atom is -0.452 e. The molecule has 0 unspecified atom stereocenters. The van der Waals surface area contributed by atoms with Gasteiger partial charge >= 0.3 is 0 Å². The average Bonchev–Trinajstić information content (AvgIpc) is 3.67. The fourth-order valence-electron chi connectivity index (χ4n) is 7.78. The van der Waals surface area contributed by atoms with E-state index in [1.165, 1.54) is 25.6 Å². The molecule has 0 spiro atoms. The van der Waals surface area contributed by atoms with Crippen molar-refractivity contribution in [2.24, 2.45) is 9.98 Å². The summed E-state index contributed by atoms with van der Waals surface area (Å²) in [7, 11) is 0. The summed E-state index contributed by atoms with van der Waals surface area (Å²) in [4.78, 5) is 11.9. The summed E-state index contributed by atoms with van der Waals surface area (Å²) in [6, 6.07) is 63.6. The molecule has 56 heavy (non-hydrogen) atoms. The zero-order chi connectivity index (χ0) is 37.4. The highest BCUT2D eigenvalue weighted by atomic mass is 32.1. The van der Waals surface area contributed by atoms with E-state index in [-0.39, 0.29) is 0 Å². The van der Waals surface area contributed by atoms with Crippen molar-refractivity contribution in [3.63, 3.8) is 0 Å². The maximum absolute atomic E-state index is 6.85. The standard InChI is InChI=1S/C51H35N3OS/c1-52-43(35-17-4-2-5-18-35)32-44(36-19-6-3-7-20-36)53-33-34-16-14-21-37(30-34)38-22-15-23-39(31-38)54-45-27-11-12-28-46(45)55-50-41-25-9-8-24-40(41)48-42-26-10-13-29-47(42)56-51(48)49(50)54/h2-32H,1,33H2/b43-32-,53-44?. The van der Waals surface area contributed by atoms with Gasteiger partial charge in [0.05, 0.1) is 28.3 Å². The molecule has 0 atom stereocenters. The third kappa shape index (κ3) is 5.95. The molecule has 9 aromatic rings. The van der Waals surface area contributed by atoms with Gasteiger partial charge in [-0.1, -0.05) is 146 Å². The lowest BCUT2D eigenvalue weighted by molar-refractivity contribution is 0.483. The summed E-state index contributed by atoms with van der Waals surface area (Å²) in [5, 5.41) is 4.84. The highest BCUT2D eigenvalue weighted by Gasteiger charge is 2.31. The van der Waals surface area contributed by atoms with Crippen molar-refractivity contribution in [3.05, 3.63) is 205 Å². The highest BCUT2D eigenvalue weighted by molar-refractivity contribution is 7.26. The first kappa shape index (κ1) is 33.5. The molecule has 10 rings (SSSR count). The molecule has 1 aromatic heterocycles. The quantitative estimate of drug-likeness (QED) is 0.146. The van der Waals surface area contributed by atoms with Gasteiger partial charge in [-0.15, -0.1) is 11.3 Å². The van der Waals surface area contributed by atoms with Crippen LogP contribution >= 0.6 is 11.3 Å². The second-order valence-corrected chi connectivity index (χ2v) is 14.9. The Hall–Kier alpha value is -7.08. The van der Waals surface area contributed by atoms with Crippen molar-refractivity contribution in [1.82, 2.24) is 0 Å². The molecule has 5 heteroatoms. The molecule has 2 heterocycles. The van der Waals surface area contributed by atoms with Gasteiger partial charge in [0.2, 0.25) is 0 Å². The zero-order valence-electron chi connectivity index (χ0n) is 30.5. The minimum atomic E-state index is 0.509. The molecule has 0 radical (unpaired) electrons. The Morgan fingerprint density at radius 3 is 2.09 bits per heavy atom. The number of hydrogen-bond donors (Lipinski definition) is 0. The number of benzene rings is 8. The molecular formula is C51H35N3OS. The third-order valence-electron chi connectivity index (χ3n) is 10.4. The number of fused-ring (bicyclic) bond motifs is 9. The van der Waals surface area contributed by atoms with Gasteiger partial charge in [-0.25, -0.2) is 0 Å².